The minimum atomic E-state index is -0.154. The molecule has 0 unspecified atom stereocenters. The Hall–Kier alpha value is -1.86. The Labute approximate surface area is 127 Å². The van der Waals surface area contributed by atoms with E-state index in [0.717, 1.165) is 11.5 Å². The lowest BCUT2D eigenvalue weighted by Crippen LogP contribution is -2.27. The van der Waals surface area contributed by atoms with Gasteiger partial charge in [0.15, 0.2) is 0 Å². The summed E-state index contributed by atoms with van der Waals surface area (Å²) in [6.45, 7) is 2.79. The smallest absolute Gasteiger partial charge is 0.254 e. The van der Waals surface area contributed by atoms with E-state index in [1.165, 1.54) is 11.8 Å². The van der Waals surface area contributed by atoms with E-state index in [-0.39, 0.29) is 5.91 Å². The molecule has 2 heterocycles. The van der Waals surface area contributed by atoms with Crippen molar-refractivity contribution in [3.05, 3.63) is 41.4 Å². The number of ether oxygens (including phenoxy) is 1. The average Bonchev–Trinajstić information content (AvgIpc) is 2.91. The predicted octanol–water partition coefficient (Wildman–Crippen LogP) is 2.05. The van der Waals surface area contributed by atoms with Crippen molar-refractivity contribution < 1.29 is 14.1 Å². The van der Waals surface area contributed by atoms with E-state index in [1.807, 2.05) is 13.0 Å². The van der Waals surface area contributed by atoms with Crippen molar-refractivity contribution in [1.29, 1.82) is 0 Å². The third kappa shape index (κ3) is 4.57. The number of nitrogens with one attached hydrogen (secondary N) is 1. The van der Waals surface area contributed by atoms with Gasteiger partial charge in [0.2, 0.25) is 0 Å². The Bertz CT molecular complexity index is 601. The number of carbonyl (C=O) groups is 1. The largest absolute Gasteiger partial charge is 0.383 e. The molecule has 0 saturated carbocycles. The number of thioether (sulfide) groups is 1. The highest BCUT2D eigenvalue weighted by Crippen LogP contribution is 2.23. The highest BCUT2D eigenvalue weighted by Gasteiger charge is 2.13. The minimum absolute atomic E-state index is 0.154. The summed E-state index contributed by atoms with van der Waals surface area (Å²) < 4.78 is 9.93. The summed E-state index contributed by atoms with van der Waals surface area (Å²) in [5.74, 6) is 1.22. The zero-order chi connectivity index (χ0) is 15.1. The lowest BCUT2D eigenvalue weighted by molar-refractivity contribution is 0.0933. The third-order valence-electron chi connectivity index (χ3n) is 2.64. The van der Waals surface area contributed by atoms with Crippen LogP contribution < -0.4 is 5.32 Å². The van der Waals surface area contributed by atoms with Gasteiger partial charge in [0.1, 0.15) is 10.8 Å². The van der Waals surface area contributed by atoms with E-state index in [1.54, 1.807) is 25.4 Å². The highest BCUT2D eigenvalue weighted by atomic mass is 32.2. The van der Waals surface area contributed by atoms with Crippen LogP contribution in [0, 0.1) is 6.92 Å². The van der Waals surface area contributed by atoms with E-state index < -0.39 is 0 Å². The van der Waals surface area contributed by atoms with Crippen molar-refractivity contribution in [2.24, 2.45) is 0 Å². The fourth-order valence-electron chi connectivity index (χ4n) is 1.67. The Morgan fingerprint density at radius 2 is 2.38 bits per heavy atom. The number of aryl methyl sites for hydroxylation is 1. The second-order valence-electron chi connectivity index (χ2n) is 4.32. The van der Waals surface area contributed by atoms with Crippen molar-refractivity contribution in [2.45, 2.75) is 17.7 Å². The minimum Gasteiger partial charge on any atom is -0.383 e. The quantitative estimate of drug-likeness (QED) is 0.623. The number of pyridine rings is 1. The normalized spacial score (nSPS) is 10.6. The van der Waals surface area contributed by atoms with Gasteiger partial charge in [0.25, 0.3) is 5.91 Å². The van der Waals surface area contributed by atoms with Gasteiger partial charge in [0.05, 0.1) is 17.9 Å². The SMILES string of the molecule is COCCNC(=O)c1cccnc1SCc1cc(C)on1. The molecule has 0 atom stereocenters. The van der Waals surface area contributed by atoms with E-state index in [2.05, 4.69) is 15.5 Å². The first-order chi connectivity index (χ1) is 10.2. The van der Waals surface area contributed by atoms with Gasteiger partial charge in [-0.15, -0.1) is 0 Å². The van der Waals surface area contributed by atoms with Crippen LogP contribution in [0.25, 0.3) is 0 Å². The molecule has 0 aliphatic heterocycles. The zero-order valence-electron chi connectivity index (χ0n) is 12.0. The molecule has 0 spiro atoms. The summed E-state index contributed by atoms with van der Waals surface area (Å²) in [4.78, 5) is 16.4. The monoisotopic (exact) mass is 307 g/mol. The van der Waals surface area contributed by atoms with Crippen molar-refractivity contribution in [2.75, 3.05) is 20.3 Å². The molecule has 0 fully saturated rings. The van der Waals surface area contributed by atoms with Crippen molar-refractivity contribution in [3.8, 4) is 0 Å². The van der Waals surface area contributed by atoms with Gasteiger partial charge in [0, 0.05) is 31.7 Å². The molecular weight excluding hydrogens is 290 g/mol. The number of aromatic nitrogens is 2. The molecule has 1 N–H and O–H groups in total. The molecule has 0 saturated heterocycles. The van der Waals surface area contributed by atoms with Crippen molar-refractivity contribution in [1.82, 2.24) is 15.5 Å². The van der Waals surface area contributed by atoms with Crippen LogP contribution in [-0.4, -0.2) is 36.3 Å². The Kier molecular flexibility index (Phi) is 5.77. The lowest BCUT2D eigenvalue weighted by Gasteiger charge is -2.08. The van der Waals surface area contributed by atoms with E-state index >= 15 is 0 Å². The van der Waals surface area contributed by atoms with Crippen LogP contribution in [0.3, 0.4) is 0 Å². The van der Waals surface area contributed by atoms with Crippen LogP contribution >= 0.6 is 11.8 Å². The molecule has 7 heteroatoms. The first-order valence-electron chi connectivity index (χ1n) is 6.48. The maximum Gasteiger partial charge on any atom is 0.254 e. The molecule has 112 valence electrons. The molecule has 21 heavy (non-hydrogen) atoms. The molecule has 2 rings (SSSR count). The van der Waals surface area contributed by atoms with E-state index in [9.17, 15) is 4.79 Å². The molecule has 0 aliphatic carbocycles. The number of carbonyl (C=O) groups excluding carboxylic acids is 1. The summed E-state index contributed by atoms with van der Waals surface area (Å²) in [5.41, 5.74) is 1.38. The second kappa shape index (κ2) is 7.80. The molecule has 2 aromatic rings. The average molecular weight is 307 g/mol. The maximum atomic E-state index is 12.1. The number of amides is 1. The van der Waals surface area contributed by atoms with Crippen LogP contribution in [0.5, 0.6) is 0 Å². The molecule has 0 aromatic carbocycles. The number of nitrogens with zero attached hydrogens (tertiary/aromatic N) is 2. The molecule has 1 amide bonds. The number of hydrogen-bond acceptors (Lipinski definition) is 6. The van der Waals surface area contributed by atoms with Crippen LogP contribution in [0.15, 0.2) is 33.9 Å². The summed E-state index contributed by atoms with van der Waals surface area (Å²) in [7, 11) is 1.59. The fourth-order valence-corrected chi connectivity index (χ4v) is 2.54. The predicted molar refractivity (Wildman–Crippen MR) is 79.2 cm³/mol. The van der Waals surface area contributed by atoms with Gasteiger partial charge in [-0.05, 0) is 19.1 Å². The Morgan fingerprint density at radius 1 is 1.52 bits per heavy atom. The maximum absolute atomic E-state index is 12.1. The third-order valence-corrected chi connectivity index (χ3v) is 3.68. The molecule has 6 nitrogen and oxygen atoms in total. The van der Waals surface area contributed by atoms with Gasteiger partial charge < -0.3 is 14.6 Å². The van der Waals surface area contributed by atoms with E-state index in [4.69, 9.17) is 9.26 Å². The first-order valence-corrected chi connectivity index (χ1v) is 7.46. The van der Waals surface area contributed by atoms with Crippen molar-refractivity contribution in [3.63, 3.8) is 0 Å². The van der Waals surface area contributed by atoms with Gasteiger partial charge in [-0.3, -0.25) is 4.79 Å². The van der Waals surface area contributed by atoms with Crippen LogP contribution in [-0.2, 0) is 10.5 Å². The number of methoxy groups -OCH3 is 1. The van der Waals surface area contributed by atoms with Crippen LogP contribution in [0.1, 0.15) is 21.8 Å². The van der Waals surface area contributed by atoms with Gasteiger partial charge in [-0.25, -0.2) is 4.98 Å². The molecule has 2 aromatic heterocycles. The number of rotatable bonds is 7. The second-order valence-corrected chi connectivity index (χ2v) is 5.29. The fraction of sp³-hybridized carbons (Fsp3) is 0.357. The van der Waals surface area contributed by atoms with Crippen LogP contribution in [0.2, 0.25) is 0 Å². The van der Waals surface area contributed by atoms with Gasteiger partial charge >= 0.3 is 0 Å². The number of hydrogen-bond donors (Lipinski definition) is 1. The standard InChI is InChI=1S/C14H17N3O3S/c1-10-8-11(17-20-10)9-21-14-12(4-3-5-16-14)13(18)15-6-7-19-2/h3-5,8H,6-7,9H2,1-2H3,(H,15,18). The lowest BCUT2D eigenvalue weighted by atomic mass is 10.2. The molecular formula is C14H17N3O3S. The van der Waals surface area contributed by atoms with Gasteiger partial charge in [-0.1, -0.05) is 16.9 Å². The highest BCUT2D eigenvalue weighted by molar-refractivity contribution is 7.98. The Balaban J connectivity index is 2.00. The molecule has 0 radical (unpaired) electrons. The summed E-state index contributed by atoms with van der Waals surface area (Å²) in [6, 6.07) is 5.37. The topological polar surface area (TPSA) is 77.2 Å². The van der Waals surface area contributed by atoms with Gasteiger partial charge in [-0.2, -0.15) is 0 Å². The molecule has 0 aliphatic rings. The summed E-state index contributed by atoms with van der Waals surface area (Å²) >= 11 is 1.46. The molecule has 0 bridgehead atoms. The zero-order valence-corrected chi connectivity index (χ0v) is 12.8. The first kappa shape index (κ1) is 15.5. The summed E-state index contributed by atoms with van der Waals surface area (Å²) in [6.07, 6.45) is 1.67. The Morgan fingerprint density at radius 3 is 3.10 bits per heavy atom. The van der Waals surface area contributed by atoms with E-state index in [0.29, 0.717) is 29.5 Å². The van der Waals surface area contributed by atoms with Crippen molar-refractivity contribution >= 4 is 17.7 Å². The summed E-state index contributed by atoms with van der Waals surface area (Å²) in [5, 5.41) is 7.39. The van der Waals surface area contributed by atoms with Crippen LogP contribution in [0.4, 0.5) is 0 Å².